The highest BCUT2D eigenvalue weighted by atomic mass is 16.6. The van der Waals surface area contributed by atoms with Crippen LogP contribution in [0.4, 0.5) is 4.79 Å². The van der Waals surface area contributed by atoms with E-state index < -0.39 is 17.7 Å². The molecule has 0 aromatic heterocycles. The van der Waals surface area contributed by atoms with Crippen molar-refractivity contribution in [3.63, 3.8) is 0 Å². The number of aldehydes is 1. The van der Waals surface area contributed by atoms with E-state index in [4.69, 9.17) is 9.47 Å². The summed E-state index contributed by atoms with van der Waals surface area (Å²) in [5, 5.41) is 5.69. The summed E-state index contributed by atoms with van der Waals surface area (Å²) in [5.74, 6) is -0.194. The number of nitrogens with zero attached hydrogens (tertiary/aromatic N) is 1. The van der Waals surface area contributed by atoms with E-state index in [1.165, 1.54) is 7.11 Å². The van der Waals surface area contributed by atoms with Gasteiger partial charge in [-0.25, -0.2) is 4.79 Å². The molecule has 1 rings (SSSR count). The number of hydrogen-bond acceptors (Lipinski definition) is 7. The van der Waals surface area contributed by atoms with Crippen molar-refractivity contribution in [2.75, 3.05) is 27.2 Å². The van der Waals surface area contributed by atoms with Crippen LogP contribution in [0.2, 0.25) is 0 Å². The molecule has 1 heterocycles. The molecule has 0 spiro atoms. The molecule has 1 fully saturated rings. The second-order valence-electron chi connectivity index (χ2n) is 7.32. The number of methoxy groups -OCH3 is 1. The molecule has 0 aromatic rings. The van der Waals surface area contributed by atoms with Gasteiger partial charge in [-0.05, 0) is 53.6 Å². The molecule has 27 heavy (non-hydrogen) atoms. The van der Waals surface area contributed by atoms with Crippen molar-refractivity contribution in [3.05, 3.63) is 0 Å². The van der Waals surface area contributed by atoms with Crippen LogP contribution in [0.25, 0.3) is 0 Å². The second-order valence-corrected chi connectivity index (χ2v) is 7.32. The minimum Gasteiger partial charge on any atom is -0.468 e. The van der Waals surface area contributed by atoms with Crippen molar-refractivity contribution in [3.8, 4) is 0 Å². The number of esters is 1. The van der Waals surface area contributed by atoms with E-state index in [1.54, 1.807) is 20.8 Å². The number of ether oxygens (including phenoxy) is 2. The Labute approximate surface area is 163 Å². The van der Waals surface area contributed by atoms with Gasteiger partial charge in [-0.1, -0.05) is 13.8 Å². The van der Waals surface area contributed by atoms with Crippen LogP contribution in [0.5, 0.6) is 0 Å². The smallest absolute Gasteiger partial charge is 0.408 e. The summed E-state index contributed by atoms with van der Waals surface area (Å²) in [6.45, 7) is 10.3. The van der Waals surface area contributed by atoms with E-state index in [2.05, 4.69) is 10.6 Å². The van der Waals surface area contributed by atoms with Gasteiger partial charge >= 0.3 is 12.1 Å². The molecule has 0 aliphatic carbocycles. The molecule has 0 radical (unpaired) electrons. The number of rotatable bonds is 8. The molecular formula is C19H37N3O5. The number of carbonyl (C=O) groups excluding carboxylic acids is 3. The van der Waals surface area contributed by atoms with Gasteiger partial charge in [-0.2, -0.15) is 0 Å². The summed E-state index contributed by atoms with van der Waals surface area (Å²) in [6.07, 6.45) is 2.66. The van der Waals surface area contributed by atoms with Gasteiger partial charge in [0, 0.05) is 12.6 Å². The van der Waals surface area contributed by atoms with Gasteiger partial charge in [0.15, 0.2) is 0 Å². The molecule has 158 valence electrons. The summed E-state index contributed by atoms with van der Waals surface area (Å²) >= 11 is 0. The molecule has 2 N–H and O–H groups in total. The van der Waals surface area contributed by atoms with Crippen molar-refractivity contribution in [1.29, 1.82) is 0 Å². The number of alkyl carbamates (subject to hydrolysis) is 1. The predicted octanol–water partition coefficient (Wildman–Crippen LogP) is 1.72. The van der Waals surface area contributed by atoms with E-state index in [1.807, 2.05) is 25.8 Å². The molecule has 0 bridgehead atoms. The highest BCUT2D eigenvalue weighted by Gasteiger charge is 2.35. The maximum atomic E-state index is 11.7. The Bertz CT molecular complexity index is 465. The molecule has 8 nitrogen and oxygen atoms in total. The highest BCUT2D eigenvalue weighted by molar-refractivity contribution is 5.76. The van der Waals surface area contributed by atoms with Gasteiger partial charge in [0.2, 0.25) is 0 Å². The van der Waals surface area contributed by atoms with Crippen molar-refractivity contribution in [2.24, 2.45) is 0 Å². The lowest BCUT2D eigenvalue weighted by atomic mass is 10.1. The van der Waals surface area contributed by atoms with E-state index in [0.29, 0.717) is 25.4 Å². The van der Waals surface area contributed by atoms with Crippen LogP contribution in [-0.2, 0) is 19.1 Å². The predicted molar refractivity (Wildman–Crippen MR) is 105 cm³/mol. The lowest BCUT2D eigenvalue weighted by Crippen LogP contribution is -2.46. The fourth-order valence-corrected chi connectivity index (χ4v) is 2.90. The van der Waals surface area contributed by atoms with Crippen molar-refractivity contribution < 1.29 is 23.9 Å². The Morgan fingerprint density at radius 3 is 2.41 bits per heavy atom. The second kappa shape index (κ2) is 12.7. The van der Waals surface area contributed by atoms with Crippen LogP contribution in [-0.4, -0.2) is 74.2 Å². The van der Waals surface area contributed by atoms with Gasteiger partial charge in [-0.15, -0.1) is 0 Å². The molecule has 1 aliphatic rings. The van der Waals surface area contributed by atoms with Gasteiger partial charge in [0.25, 0.3) is 0 Å². The van der Waals surface area contributed by atoms with Crippen molar-refractivity contribution >= 4 is 18.3 Å². The van der Waals surface area contributed by atoms with Crippen LogP contribution in [0.1, 0.15) is 53.9 Å². The Morgan fingerprint density at radius 1 is 1.26 bits per heavy atom. The lowest BCUT2D eigenvalue weighted by Gasteiger charge is -2.24. The quantitative estimate of drug-likeness (QED) is 0.372. The van der Waals surface area contributed by atoms with E-state index >= 15 is 0 Å². The molecule has 1 amide bonds. The molecule has 0 saturated carbocycles. The first-order valence-electron chi connectivity index (χ1n) is 9.63. The highest BCUT2D eigenvalue weighted by Crippen LogP contribution is 2.24. The first-order chi connectivity index (χ1) is 12.7. The zero-order valence-corrected chi connectivity index (χ0v) is 17.8. The van der Waals surface area contributed by atoms with E-state index in [-0.39, 0.29) is 12.0 Å². The van der Waals surface area contributed by atoms with Crippen LogP contribution in [0, 0.1) is 0 Å². The van der Waals surface area contributed by atoms with Crippen molar-refractivity contribution in [2.45, 2.75) is 77.6 Å². The molecule has 3 atom stereocenters. The largest absolute Gasteiger partial charge is 0.468 e. The number of nitrogens with one attached hydrogen (secondary N) is 2. The van der Waals surface area contributed by atoms with Crippen LogP contribution < -0.4 is 10.6 Å². The Morgan fingerprint density at radius 2 is 1.89 bits per heavy atom. The third kappa shape index (κ3) is 9.72. The Hall–Kier alpha value is -1.67. The molecule has 1 aliphatic heterocycles. The van der Waals surface area contributed by atoms with Gasteiger partial charge in [-0.3, -0.25) is 9.69 Å². The van der Waals surface area contributed by atoms with Gasteiger partial charge in [0.1, 0.15) is 24.0 Å². The molecular weight excluding hydrogens is 350 g/mol. The summed E-state index contributed by atoms with van der Waals surface area (Å²) in [6, 6.07) is -0.518. The van der Waals surface area contributed by atoms with E-state index in [9.17, 15) is 14.4 Å². The first kappa shape index (κ1) is 25.3. The average Bonchev–Trinajstić information content (AvgIpc) is 2.97. The Kier molecular flexibility index (Phi) is 11.9. The Balaban J connectivity index is 0.00000326. The number of amides is 1. The van der Waals surface area contributed by atoms with Crippen LogP contribution in [0.3, 0.4) is 0 Å². The fourth-order valence-electron chi connectivity index (χ4n) is 2.90. The van der Waals surface area contributed by atoms with Crippen molar-refractivity contribution in [1.82, 2.24) is 15.5 Å². The number of hydrogen-bond donors (Lipinski definition) is 2. The zero-order valence-electron chi connectivity index (χ0n) is 17.8. The molecule has 8 heteroatoms. The minimum atomic E-state index is -0.640. The van der Waals surface area contributed by atoms with Gasteiger partial charge < -0.3 is 24.9 Å². The summed E-state index contributed by atoms with van der Waals surface area (Å²) in [5.41, 5.74) is -0.603. The molecule has 0 aromatic carbocycles. The molecule has 1 saturated heterocycles. The minimum absolute atomic E-state index is 0.174. The monoisotopic (exact) mass is 387 g/mol. The lowest BCUT2D eigenvalue weighted by molar-refractivity contribution is -0.145. The summed E-state index contributed by atoms with van der Waals surface area (Å²) in [4.78, 5) is 36.5. The topological polar surface area (TPSA) is 97.0 Å². The third-order valence-corrected chi connectivity index (χ3v) is 4.20. The van der Waals surface area contributed by atoms with Crippen LogP contribution in [0.15, 0.2) is 0 Å². The first-order valence-corrected chi connectivity index (χ1v) is 9.63. The maximum absolute atomic E-state index is 11.7. The number of likely N-dealkylation sites (N-methyl/N-ethyl adjacent to an activating group) is 1. The number of likely N-dealkylation sites (tertiary alicyclic amines) is 1. The third-order valence-electron chi connectivity index (χ3n) is 4.20. The molecule has 3 unspecified atom stereocenters. The fraction of sp³-hybridized carbons (Fsp3) is 0.842. The normalized spacial score (nSPS) is 20.9. The number of carbonyl (C=O) groups is 3. The zero-order chi connectivity index (χ0) is 21.0. The van der Waals surface area contributed by atoms with Crippen LogP contribution >= 0.6 is 0 Å². The van der Waals surface area contributed by atoms with Gasteiger partial charge in [0.05, 0.1) is 7.11 Å². The standard InChI is InChI=1S/C17H31N3O5.C2H6/c1-17(2,3)25-16(23)19-12(11-21)10-18-9-8-13-6-7-14(20(13)4)15(22)24-5;1-2/h11-14,18H,6-10H2,1-5H3,(H,19,23);1-2H3. The summed E-state index contributed by atoms with van der Waals surface area (Å²) < 4.78 is 9.94. The average molecular weight is 388 g/mol. The SMILES string of the molecule is CC.COC(=O)C1CCC(CCNCC(C=O)NC(=O)OC(C)(C)C)N1C. The maximum Gasteiger partial charge on any atom is 0.408 e. The summed E-state index contributed by atoms with van der Waals surface area (Å²) in [7, 11) is 3.33. The van der Waals surface area contributed by atoms with E-state index in [0.717, 1.165) is 19.3 Å².